The third-order valence-electron chi connectivity index (χ3n) is 2.96. The van der Waals surface area contributed by atoms with Crippen molar-refractivity contribution in [3.63, 3.8) is 0 Å². The van der Waals surface area contributed by atoms with Crippen molar-refractivity contribution < 1.29 is 13.5 Å². The number of rotatable bonds is 3. The molecule has 100 valence electrons. The Kier molecular flexibility index (Phi) is 3.48. The lowest BCUT2D eigenvalue weighted by Gasteiger charge is -2.21. The largest absolute Gasteiger partial charge is 0.507 e. The van der Waals surface area contributed by atoms with Gasteiger partial charge in [0, 0.05) is 7.05 Å². The average Bonchev–Trinajstić information content (AvgIpc) is 2.39. The van der Waals surface area contributed by atoms with Gasteiger partial charge >= 0.3 is 0 Å². The van der Waals surface area contributed by atoms with Crippen LogP contribution in [0, 0.1) is 6.92 Å². The summed E-state index contributed by atoms with van der Waals surface area (Å²) in [5, 5.41) is 9.71. The highest BCUT2D eigenvalue weighted by molar-refractivity contribution is 7.92. The Balaban J connectivity index is 2.52. The van der Waals surface area contributed by atoms with Gasteiger partial charge in [-0.1, -0.05) is 30.3 Å². The molecule has 2 rings (SSSR count). The second-order valence-electron chi connectivity index (χ2n) is 4.23. The van der Waals surface area contributed by atoms with Crippen LogP contribution in [0.2, 0.25) is 0 Å². The van der Waals surface area contributed by atoms with E-state index in [0.717, 1.165) is 5.56 Å². The Morgan fingerprint density at radius 1 is 1.00 bits per heavy atom. The molecule has 2 aromatic rings. The van der Waals surface area contributed by atoms with Crippen LogP contribution in [0.5, 0.6) is 5.75 Å². The Hall–Kier alpha value is -2.01. The molecule has 4 nitrogen and oxygen atoms in total. The maximum atomic E-state index is 12.5. The van der Waals surface area contributed by atoms with E-state index < -0.39 is 10.0 Å². The van der Waals surface area contributed by atoms with Crippen LogP contribution in [0.3, 0.4) is 0 Å². The molecule has 0 aromatic heterocycles. The van der Waals surface area contributed by atoms with Crippen LogP contribution in [-0.2, 0) is 10.0 Å². The van der Waals surface area contributed by atoms with Crippen LogP contribution < -0.4 is 4.31 Å². The normalized spacial score (nSPS) is 11.3. The molecule has 0 heterocycles. The quantitative estimate of drug-likeness (QED) is 0.938. The number of phenols is 1. The maximum absolute atomic E-state index is 12.5. The van der Waals surface area contributed by atoms with E-state index >= 15 is 0 Å². The molecule has 0 amide bonds. The smallest absolute Gasteiger partial charge is 0.267 e. The lowest BCUT2D eigenvalue weighted by molar-refractivity contribution is 0.458. The molecule has 0 aliphatic rings. The highest BCUT2D eigenvalue weighted by Crippen LogP contribution is 2.29. The van der Waals surface area contributed by atoms with E-state index in [-0.39, 0.29) is 10.6 Å². The minimum absolute atomic E-state index is 0.0965. The number of benzene rings is 2. The fraction of sp³-hybridized carbons (Fsp3) is 0.143. The first-order valence-electron chi connectivity index (χ1n) is 5.77. The van der Waals surface area contributed by atoms with E-state index in [1.54, 1.807) is 24.3 Å². The lowest BCUT2D eigenvalue weighted by Crippen LogP contribution is -2.27. The number of para-hydroxylation sites is 2. The third-order valence-corrected chi connectivity index (χ3v) is 4.78. The molecule has 0 fully saturated rings. The molecule has 0 saturated heterocycles. The highest BCUT2D eigenvalue weighted by Gasteiger charge is 2.24. The molecule has 0 saturated carbocycles. The second-order valence-corrected chi connectivity index (χ2v) is 6.16. The molecule has 0 aliphatic heterocycles. The average molecular weight is 277 g/mol. The summed E-state index contributed by atoms with van der Waals surface area (Å²) in [5.74, 6) is -0.247. The Morgan fingerprint density at radius 2 is 1.58 bits per heavy atom. The predicted molar refractivity (Wildman–Crippen MR) is 74.9 cm³/mol. The van der Waals surface area contributed by atoms with Gasteiger partial charge in [-0.05, 0) is 30.7 Å². The summed E-state index contributed by atoms with van der Waals surface area (Å²) >= 11 is 0. The number of hydrogen-bond acceptors (Lipinski definition) is 3. The van der Waals surface area contributed by atoms with Crippen LogP contribution >= 0.6 is 0 Å². The summed E-state index contributed by atoms with van der Waals surface area (Å²) in [6, 6.07) is 13.1. The van der Waals surface area contributed by atoms with E-state index in [4.69, 9.17) is 0 Å². The Labute approximate surface area is 113 Å². The molecule has 0 spiro atoms. The van der Waals surface area contributed by atoms with Gasteiger partial charge in [0.25, 0.3) is 10.0 Å². The molecule has 0 aliphatic carbocycles. The summed E-state index contributed by atoms with van der Waals surface area (Å²) in [6.45, 7) is 1.84. The van der Waals surface area contributed by atoms with Gasteiger partial charge in [0.1, 0.15) is 10.6 Å². The molecule has 2 aromatic carbocycles. The van der Waals surface area contributed by atoms with Gasteiger partial charge in [-0.2, -0.15) is 0 Å². The van der Waals surface area contributed by atoms with E-state index in [9.17, 15) is 13.5 Å². The molecule has 1 N–H and O–H groups in total. The fourth-order valence-electron chi connectivity index (χ4n) is 1.87. The van der Waals surface area contributed by atoms with Gasteiger partial charge in [-0.15, -0.1) is 0 Å². The number of phenolic OH excluding ortho intramolecular Hbond substituents is 1. The van der Waals surface area contributed by atoms with Gasteiger partial charge < -0.3 is 5.11 Å². The summed E-state index contributed by atoms with van der Waals surface area (Å²) < 4.78 is 26.1. The van der Waals surface area contributed by atoms with Crippen molar-refractivity contribution in [2.75, 3.05) is 11.4 Å². The van der Waals surface area contributed by atoms with Gasteiger partial charge in [0.05, 0.1) is 5.69 Å². The maximum Gasteiger partial charge on any atom is 0.267 e. The van der Waals surface area contributed by atoms with Gasteiger partial charge in [0.15, 0.2) is 0 Å². The van der Waals surface area contributed by atoms with Crippen LogP contribution in [0.25, 0.3) is 0 Å². The van der Waals surface area contributed by atoms with Gasteiger partial charge in [-0.3, -0.25) is 4.31 Å². The molecule has 0 bridgehead atoms. The van der Waals surface area contributed by atoms with Gasteiger partial charge in [0.2, 0.25) is 0 Å². The number of aryl methyl sites for hydroxylation is 1. The molecule has 19 heavy (non-hydrogen) atoms. The highest BCUT2D eigenvalue weighted by atomic mass is 32.2. The molecule has 0 atom stereocenters. The van der Waals surface area contributed by atoms with Crippen molar-refractivity contribution in [1.29, 1.82) is 0 Å². The van der Waals surface area contributed by atoms with Crippen molar-refractivity contribution in [3.05, 3.63) is 54.1 Å². The van der Waals surface area contributed by atoms with Crippen molar-refractivity contribution in [3.8, 4) is 5.75 Å². The number of aromatic hydroxyl groups is 1. The minimum atomic E-state index is -3.76. The standard InChI is InChI=1S/C14H15NO3S/c1-11-7-3-4-8-12(11)15(2)19(17,18)14-10-6-5-9-13(14)16/h3-10,16H,1-2H3. The zero-order valence-electron chi connectivity index (χ0n) is 10.7. The van der Waals surface area contributed by atoms with Crippen LogP contribution in [0.4, 0.5) is 5.69 Å². The van der Waals surface area contributed by atoms with E-state index in [1.807, 2.05) is 19.1 Å². The van der Waals surface area contributed by atoms with E-state index in [2.05, 4.69) is 0 Å². The minimum Gasteiger partial charge on any atom is -0.507 e. The number of hydrogen-bond donors (Lipinski definition) is 1. The van der Waals surface area contributed by atoms with Crippen molar-refractivity contribution in [2.24, 2.45) is 0 Å². The lowest BCUT2D eigenvalue weighted by atomic mass is 10.2. The van der Waals surface area contributed by atoms with Gasteiger partial charge in [-0.25, -0.2) is 8.42 Å². The Bertz CT molecular complexity index is 695. The molecular formula is C14H15NO3S. The first-order valence-corrected chi connectivity index (χ1v) is 7.21. The van der Waals surface area contributed by atoms with Crippen LogP contribution in [-0.4, -0.2) is 20.6 Å². The third kappa shape index (κ3) is 2.42. The first kappa shape index (κ1) is 13.4. The zero-order valence-corrected chi connectivity index (χ0v) is 11.6. The summed E-state index contributed by atoms with van der Waals surface area (Å²) in [6.07, 6.45) is 0. The van der Waals surface area contributed by atoms with E-state index in [1.165, 1.54) is 23.5 Å². The summed E-state index contributed by atoms with van der Waals surface area (Å²) in [4.78, 5) is -0.0965. The SMILES string of the molecule is Cc1ccccc1N(C)S(=O)(=O)c1ccccc1O. The fourth-order valence-corrected chi connectivity index (χ4v) is 3.21. The molecule has 0 radical (unpaired) electrons. The molecular weight excluding hydrogens is 262 g/mol. The second kappa shape index (κ2) is 4.93. The summed E-state index contributed by atoms with van der Waals surface area (Å²) in [7, 11) is -2.29. The molecule has 0 unspecified atom stereocenters. The molecule has 5 heteroatoms. The number of sulfonamides is 1. The number of anilines is 1. The van der Waals surface area contributed by atoms with Crippen molar-refractivity contribution in [2.45, 2.75) is 11.8 Å². The Morgan fingerprint density at radius 3 is 2.21 bits per heavy atom. The van der Waals surface area contributed by atoms with Crippen molar-refractivity contribution in [1.82, 2.24) is 0 Å². The first-order chi connectivity index (χ1) is 8.94. The monoisotopic (exact) mass is 277 g/mol. The van der Waals surface area contributed by atoms with Crippen LogP contribution in [0.15, 0.2) is 53.4 Å². The predicted octanol–water partition coefficient (Wildman–Crippen LogP) is 2.53. The zero-order chi connectivity index (χ0) is 14.0. The van der Waals surface area contributed by atoms with Crippen LogP contribution in [0.1, 0.15) is 5.56 Å². The number of nitrogens with zero attached hydrogens (tertiary/aromatic N) is 1. The topological polar surface area (TPSA) is 57.6 Å². The van der Waals surface area contributed by atoms with E-state index in [0.29, 0.717) is 5.69 Å². The van der Waals surface area contributed by atoms with Crippen molar-refractivity contribution >= 4 is 15.7 Å². The summed E-state index contributed by atoms with van der Waals surface area (Å²) in [5.41, 5.74) is 1.44.